The van der Waals surface area contributed by atoms with Crippen LogP contribution < -0.4 is 11.1 Å². The lowest BCUT2D eigenvalue weighted by Gasteiger charge is -2.18. The highest BCUT2D eigenvalue weighted by Gasteiger charge is 2.26. The van der Waals surface area contributed by atoms with Crippen LogP contribution in [0.15, 0.2) is 0 Å². The van der Waals surface area contributed by atoms with E-state index < -0.39 is 0 Å². The molecule has 86 valence electrons. The molecule has 0 aromatic carbocycles. The number of nitrogens with one attached hydrogen (secondary N) is 2. The van der Waals surface area contributed by atoms with E-state index in [0.717, 1.165) is 25.9 Å². The average molecular weight is 212 g/mol. The normalized spacial score (nSPS) is 22.8. The van der Waals surface area contributed by atoms with Crippen LogP contribution in [0.25, 0.3) is 0 Å². The van der Waals surface area contributed by atoms with Crippen molar-refractivity contribution >= 4 is 11.7 Å². The zero-order chi connectivity index (χ0) is 11.4. The van der Waals surface area contributed by atoms with Crippen molar-refractivity contribution in [2.75, 3.05) is 20.1 Å². The van der Waals surface area contributed by atoms with Crippen LogP contribution in [-0.2, 0) is 4.79 Å². The maximum Gasteiger partial charge on any atom is 0.188 e. The molecule has 2 atom stereocenters. The Morgan fingerprint density at radius 3 is 2.80 bits per heavy atom. The van der Waals surface area contributed by atoms with Gasteiger partial charge in [0, 0.05) is 13.1 Å². The molecule has 0 spiro atoms. The Balaban J connectivity index is 2.41. The topological polar surface area (TPSA) is 82.2 Å². The number of hydrogen-bond acceptors (Lipinski definition) is 3. The second kappa shape index (κ2) is 5.11. The minimum atomic E-state index is -0.0538. The van der Waals surface area contributed by atoms with Crippen molar-refractivity contribution in [3.63, 3.8) is 0 Å². The molecule has 0 aliphatic carbocycles. The Morgan fingerprint density at radius 1 is 1.73 bits per heavy atom. The Bertz CT molecular complexity index is 254. The molecule has 0 aromatic heterocycles. The molecule has 5 heteroatoms. The van der Waals surface area contributed by atoms with Gasteiger partial charge in [-0.25, -0.2) is 0 Å². The van der Waals surface area contributed by atoms with Crippen molar-refractivity contribution in [3.05, 3.63) is 0 Å². The smallest absolute Gasteiger partial charge is 0.188 e. The Morgan fingerprint density at radius 2 is 2.40 bits per heavy atom. The van der Waals surface area contributed by atoms with E-state index in [9.17, 15) is 4.79 Å². The third-order valence-corrected chi connectivity index (χ3v) is 3.03. The molecule has 1 saturated heterocycles. The molecule has 1 aliphatic heterocycles. The molecule has 5 nitrogen and oxygen atoms in total. The van der Waals surface area contributed by atoms with Crippen molar-refractivity contribution in [2.24, 2.45) is 11.7 Å². The van der Waals surface area contributed by atoms with Gasteiger partial charge in [0.2, 0.25) is 0 Å². The van der Waals surface area contributed by atoms with Gasteiger partial charge in [-0.2, -0.15) is 0 Å². The number of carbonyl (C=O) groups excluding carboxylic acids is 1. The molecule has 1 fully saturated rings. The van der Waals surface area contributed by atoms with E-state index in [1.165, 1.54) is 0 Å². The summed E-state index contributed by atoms with van der Waals surface area (Å²) >= 11 is 0. The third-order valence-electron chi connectivity index (χ3n) is 3.03. The van der Waals surface area contributed by atoms with E-state index in [0.29, 0.717) is 5.92 Å². The van der Waals surface area contributed by atoms with Gasteiger partial charge >= 0.3 is 0 Å². The number of carbonyl (C=O) groups is 1. The number of nitrogens with zero attached hydrogens (tertiary/aromatic N) is 1. The van der Waals surface area contributed by atoms with E-state index in [1.807, 2.05) is 11.9 Å². The molecular weight excluding hydrogens is 192 g/mol. The monoisotopic (exact) mass is 212 g/mol. The SMILES string of the molecule is CN[C@@H](CC1CCN(C(=N)N)C1)C(C)=O. The summed E-state index contributed by atoms with van der Waals surface area (Å²) in [6, 6.07) is -0.0538. The first-order valence-electron chi connectivity index (χ1n) is 5.31. The molecule has 1 aliphatic rings. The zero-order valence-electron chi connectivity index (χ0n) is 9.42. The van der Waals surface area contributed by atoms with Gasteiger partial charge in [0.1, 0.15) is 5.78 Å². The van der Waals surface area contributed by atoms with Crippen molar-refractivity contribution < 1.29 is 4.79 Å². The molecule has 0 radical (unpaired) electrons. The van der Waals surface area contributed by atoms with Crippen molar-refractivity contribution in [1.82, 2.24) is 10.2 Å². The lowest BCUT2D eigenvalue weighted by Crippen LogP contribution is -2.37. The van der Waals surface area contributed by atoms with E-state index in [1.54, 1.807) is 6.92 Å². The molecule has 0 bridgehead atoms. The number of guanidine groups is 1. The van der Waals surface area contributed by atoms with E-state index in [-0.39, 0.29) is 17.8 Å². The minimum absolute atomic E-state index is 0.0538. The van der Waals surface area contributed by atoms with Crippen LogP contribution in [0.4, 0.5) is 0 Å². The van der Waals surface area contributed by atoms with Crippen LogP contribution in [0, 0.1) is 11.3 Å². The van der Waals surface area contributed by atoms with Gasteiger partial charge in [-0.15, -0.1) is 0 Å². The lowest BCUT2D eigenvalue weighted by molar-refractivity contribution is -0.119. The highest BCUT2D eigenvalue weighted by molar-refractivity contribution is 5.81. The van der Waals surface area contributed by atoms with Crippen LogP contribution in [-0.4, -0.2) is 42.8 Å². The molecule has 1 rings (SSSR count). The first-order valence-corrected chi connectivity index (χ1v) is 5.31. The molecule has 15 heavy (non-hydrogen) atoms. The van der Waals surface area contributed by atoms with Crippen molar-refractivity contribution in [3.8, 4) is 0 Å². The largest absolute Gasteiger partial charge is 0.370 e. The predicted octanol–water partition coefficient (Wildman–Crippen LogP) is -0.231. The number of likely N-dealkylation sites (tertiary alicyclic amines) is 1. The molecule has 1 unspecified atom stereocenters. The molecule has 0 amide bonds. The number of hydrogen-bond donors (Lipinski definition) is 3. The van der Waals surface area contributed by atoms with Gasteiger partial charge in [-0.05, 0) is 32.7 Å². The Hall–Kier alpha value is -1.10. The fraction of sp³-hybridized carbons (Fsp3) is 0.800. The van der Waals surface area contributed by atoms with Crippen molar-refractivity contribution in [2.45, 2.75) is 25.8 Å². The summed E-state index contributed by atoms with van der Waals surface area (Å²) in [5, 5.41) is 10.3. The number of ketones is 1. The van der Waals surface area contributed by atoms with E-state index >= 15 is 0 Å². The average Bonchev–Trinajstić information content (AvgIpc) is 2.61. The highest BCUT2D eigenvalue weighted by Crippen LogP contribution is 2.20. The van der Waals surface area contributed by atoms with Crippen LogP contribution in [0.1, 0.15) is 19.8 Å². The maximum atomic E-state index is 11.2. The van der Waals surface area contributed by atoms with Crippen LogP contribution in [0.2, 0.25) is 0 Å². The Labute approximate surface area is 90.5 Å². The second-order valence-corrected chi connectivity index (χ2v) is 4.17. The number of nitrogens with two attached hydrogens (primary N) is 1. The first-order chi connectivity index (χ1) is 7.04. The molecule has 0 saturated carbocycles. The summed E-state index contributed by atoms with van der Waals surface area (Å²) in [6.45, 7) is 3.26. The lowest BCUT2D eigenvalue weighted by atomic mass is 9.97. The minimum Gasteiger partial charge on any atom is -0.370 e. The highest BCUT2D eigenvalue weighted by atomic mass is 16.1. The fourth-order valence-corrected chi connectivity index (χ4v) is 2.06. The summed E-state index contributed by atoms with van der Waals surface area (Å²) < 4.78 is 0. The zero-order valence-corrected chi connectivity index (χ0v) is 9.42. The summed E-state index contributed by atoms with van der Waals surface area (Å²) in [4.78, 5) is 13.1. The van der Waals surface area contributed by atoms with Gasteiger partial charge in [0.15, 0.2) is 5.96 Å². The summed E-state index contributed by atoms with van der Waals surface area (Å²) in [7, 11) is 1.81. The molecule has 4 N–H and O–H groups in total. The first kappa shape index (κ1) is 12.0. The van der Waals surface area contributed by atoms with Gasteiger partial charge in [-0.3, -0.25) is 10.2 Å². The summed E-state index contributed by atoms with van der Waals surface area (Å²) in [5.41, 5.74) is 5.41. The van der Waals surface area contributed by atoms with Gasteiger partial charge < -0.3 is 16.0 Å². The second-order valence-electron chi connectivity index (χ2n) is 4.17. The molecular formula is C10H20N4O. The molecule has 0 aromatic rings. The van der Waals surface area contributed by atoms with Gasteiger partial charge in [0.25, 0.3) is 0 Å². The Kier molecular flexibility index (Phi) is 4.08. The maximum absolute atomic E-state index is 11.2. The van der Waals surface area contributed by atoms with Crippen molar-refractivity contribution in [1.29, 1.82) is 5.41 Å². The van der Waals surface area contributed by atoms with Crippen LogP contribution >= 0.6 is 0 Å². The number of rotatable bonds is 4. The number of Topliss-reactive ketones (excluding diaryl/α,β-unsaturated/α-hetero) is 1. The number of likely N-dealkylation sites (N-methyl/N-ethyl adjacent to an activating group) is 1. The van der Waals surface area contributed by atoms with Gasteiger partial charge in [0.05, 0.1) is 6.04 Å². The fourth-order valence-electron chi connectivity index (χ4n) is 2.06. The van der Waals surface area contributed by atoms with Crippen LogP contribution in [0.3, 0.4) is 0 Å². The van der Waals surface area contributed by atoms with Gasteiger partial charge in [-0.1, -0.05) is 0 Å². The summed E-state index contributed by atoms with van der Waals surface area (Å²) in [6.07, 6.45) is 1.86. The van der Waals surface area contributed by atoms with Crippen LogP contribution in [0.5, 0.6) is 0 Å². The third kappa shape index (κ3) is 3.20. The van der Waals surface area contributed by atoms with E-state index in [4.69, 9.17) is 11.1 Å². The standard InChI is InChI=1S/C10H20N4O/c1-7(15)9(13-2)5-8-3-4-14(6-8)10(11)12/h8-9,13H,3-6H2,1-2H3,(H3,11,12)/t8?,9-/m0/s1. The quantitative estimate of drug-likeness (QED) is 0.444. The predicted molar refractivity (Wildman–Crippen MR) is 59.7 cm³/mol. The summed E-state index contributed by atoms with van der Waals surface area (Å²) in [5.74, 6) is 0.787. The van der Waals surface area contributed by atoms with E-state index in [2.05, 4.69) is 5.32 Å². The molecule has 1 heterocycles.